The van der Waals surface area contributed by atoms with Gasteiger partial charge in [0, 0.05) is 18.5 Å². The molecule has 3 aromatic carbocycles. The number of aromatic nitrogens is 4. The number of ether oxygens (including phenoxy) is 5. The lowest BCUT2D eigenvalue weighted by Gasteiger charge is -2.39. The Kier molecular flexibility index (Phi) is 14.8. The number of rotatable bonds is 20. The van der Waals surface area contributed by atoms with Gasteiger partial charge in [-0.1, -0.05) is 73.3 Å². The van der Waals surface area contributed by atoms with Crippen molar-refractivity contribution in [2.45, 2.75) is 70.2 Å². The van der Waals surface area contributed by atoms with Gasteiger partial charge < -0.3 is 32.7 Å². The van der Waals surface area contributed by atoms with Crippen LogP contribution in [0.5, 0.6) is 11.5 Å². The first-order chi connectivity index (χ1) is 28.6. The van der Waals surface area contributed by atoms with E-state index in [2.05, 4.69) is 77.9 Å². The molecule has 1 N–H and O–H groups in total. The quantitative estimate of drug-likeness (QED) is 0.0456. The van der Waals surface area contributed by atoms with Crippen LogP contribution in [0.15, 0.2) is 117 Å². The van der Waals surface area contributed by atoms with Crippen LogP contribution < -0.4 is 14.8 Å². The number of carbonyl (C=O) groups is 1. The standard InChI is InChI=1S/C44H53N6O8P/c1-9-24-54-43(51)48-41-40-42(46-28-45-41)49(29-47-40)39-26-37(38(57-39)27-56-59(55-25-10-2)50(30(3)4)31(5)6)58-44(32-14-12-11-13-15-32,33-16-20-35(52-7)21-17-33)34-18-22-36(53-8)23-19-34/h9-23,28-31,37-39H,1-2,24-27H2,3-8H3,(H,45,46,48,51)/t37-,38+,39+,59?/m0/s1. The normalized spacial score (nSPS) is 17.3. The third kappa shape index (κ3) is 9.82. The fraction of sp³-hybridized carbons (Fsp3) is 0.364. The molecule has 0 aliphatic carbocycles. The highest BCUT2D eigenvalue weighted by atomic mass is 31.2. The van der Waals surface area contributed by atoms with Crippen molar-refractivity contribution in [2.75, 3.05) is 39.4 Å². The molecule has 1 aliphatic heterocycles. The molecule has 59 heavy (non-hydrogen) atoms. The summed E-state index contributed by atoms with van der Waals surface area (Å²) in [6.45, 7) is 16.5. The maximum atomic E-state index is 12.5. The number of hydrogen-bond acceptors (Lipinski definition) is 12. The Morgan fingerprint density at radius 1 is 0.881 bits per heavy atom. The van der Waals surface area contributed by atoms with Crippen LogP contribution in [0.3, 0.4) is 0 Å². The molecule has 1 fully saturated rings. The number of imidazole rings is 1. The van der Waals surface area contributed by atoms with Crippen molar-refractivity contribution >= 4 is 31.6 Å². The van der Waals surface area contributed by atoms with Crippen LogP contribution in [0, 0.1) is 0 Å². The number of amides is 1. The molecule has 3 heterocycles. The number of carbonyl (C=O) groups excluding carboxylic acids is 1. The van der Waals surface area contributed by atoms with Crippen molar-refractivity contribution in [1.29, 1.82) is 0 Å². The van der Waals surface area contributed by atoms with Gasteiger partial charge in [-0.2, -0.15) is 0 Å². The molecule has 15 heteroatoms. The zero-order valence-corrected chi connectivity index (χ0v) is 35.3. The Hall–Kier alpha value is -5.21. The van der Waals surface area contributed by atoms with Crippen LogP contribution in [0.4, 0.5) is 10.6 Å². The average Bonchev–Trinajstić information content (AvgIpc) is 3.87. The van der Waals surface area contributed by atoms with E-state index in [9.17, 15) is 4.79 Å². The van der Waals surface area contributed by atoms with E-state index in [-0.39, 0.29) is 31.1 Å². The molecule has 312 valence electrons. The molecule has 0 radical (unpaired) electrons. The van der Waals surface area contributed by atoms with Crippen LogP contribution in [0.2, 0.25) is 0 Å². The van der Waals surface area contributed by atoms with E-state index >= 15 is 0 Å². The van der Waals surface area contributed by atoms with Crippen molar-refractivity contribution in [1.82, 2.24) is 24.2 Å². The monoisotopic (exact) mass is 824 g/mol. The highest BCUT2D eigenvalue weighted by molar-refractivity contribution is 7.44. The maximum Gasteiger partial charge on any atom is 0.413 e. The topological polar surface area (TPSA) is 141 Å². The second kappa shape index (κ2) is 20.2. The van der Waals surface area contributed by atoms with Crippen molar-refractivity contribution in [2.24, 2.45) is 0 Å². The molecule has 1 saturated heterocycles. The Bertz CT molecular complexity index is 2080. The first kappa shape index (κ1) is 43.4. The van der Waals surface area contributed by atoms with Crippen molar-refractivity contribution in [3.05, 3.63) is 134 Å². The van der Waals surface area contributed by atoms with E-state index in [1.54, 1.807) is 26.6 Å². The highest BCUT2D eigenvalue weighted by Crippen LogP contribution is 2.49. The molecular formula is C44H53N6O8P. The largest absolute Gasteiger partial charge is 0.497 e. The van der Waals surface area contributed by atoms with Crippen LogP contribution in [0.1, 0.15) is 57.0 Å². The van der Waals surface area contributed by atoms with Gasteiger partial charge in [0.15, 0.2) is 17.0 Å². The summed E-state index contributed by atoms with van der Waals surface area (Å²) in [7, 11) is 1.76. The SMILES string of the molecule is C=CCOC(=O)Nc1ncnc2c1ncn2[C@H]1C[C@H](OC(c2ccccc2)(c2ccc(OC)cc2)c2ccc(OC)cc2)[C@@H](COP(OCC=C)N(C(C)C)C(C)C)O1. The molecule has 5 aromatic rings. The predicted molar refractivity (Wildman–Crippen MR) is 227 cm³/mol. The zero-order valence-electron chi connectivity index (χ0n) is 34.4. The minimum atomic E-state index is -1.52. The molecule has 4 atom stereocenters. The summed E-state index contributed by atoms with van der Waals surface area (Å²) in [4.78, 5) is 25.9. The smallest absolute Gasteiger partial charge is 0.413 e. The first-order valence-electron chi connectivity index (χ1n) is 19.5. The van der Waals surface area contributed by atoms with Crippen LogP contribution >= 0.6 is 8.53 Å². The second-order valence-electron chi connectivity index (χ2n) is 14.3. The lowest BCUT2D eigenvalue weighted by atomic mass is 9.79. The molecule has 1 unspecified atom stereocenters. The number of nitrogens with one attached hydrogen (secondary N) is 1. The number of hydrogen-bond donors (Lipinski definition) is 1. The average molecular weight is 825 g/mol. The van der Waals surface area contributed by atoms with E-state index in [0.717, 1.165) is 16.7 Å². The van der Waals surface area contributed by atoms with Gasteiger partial charge in [0.05, 0.1) is 39.9 Å². The summed E-state index contributed by atoms with van der Waals surface area (Å²) >= 11 is 0. The molecule has 1 amide bonds. The summed E-state index contributed by atoms with van der Waals surface area (Å²) in [5.41, 5.74) is 2.33. The molecule has 6 rings (SSSR count). The summed E-state index contributed by atoms with van der Waals surface area (Å²) in [6.07, 6.45) is 4.08. The molecule has 2 aromatic heterocycles. The van der Waals surface area contributed by atoms with E-state index < -0.39 is 38.7 Å². The van der Waals surface area contributed by atoms with Crippen molar-refractivity contribution < 1.29 is 37.5 Å². The summed E-state index contributed by atoms with van der Waals surface area (Å²) in [6, 6.07) is 26.2. The van der Waals surface area contributed by atoms with Gasteiger partial charge in [-0.15, -0.1) is 6.58 Å². The zero-order chi connectivity index (χ0) is 41.9. The van der Waals surface area contributed by atoms with Gasteiger partial charge in [0.2, 0.25) is 0 Å². The van der Waals surface area contributed by atoms with Crippen LogP contribution in [-0.2, 0) is 28.9 Å². The lowest BCUT2D eigenvalue weighted by molar-refractivity contribution is -0.0968. The first-order valence-corrected chi connectivity index (χ1v) is 20.6. The van der Waals surface area contributed by atoms with Crippen LogP contribution in [0.25, 0.3) is 11.2 Å². The van der Waals surface area contributed by atoms with E-state index in [4.69, 9.17) is 32.7 Å². The van der Waals surface area contributed by atoms with Gasteiger partial charge >= 0.3 is 6.09 Å². The van der Waals surface area contributed by atoms with E-state index in [1.807, 2.05) is 71.3 Å². The molecule has 0 bridgehead atoms. The molecule has 1 aliphatic rings. The molecule has 14 nitrogen and oxygen atoms in total. The van der Waals surface area contributed by atoms with Gasteiger partial charge in [-0.3, -0.25) is 9.88 Å². The summed E-state index contributed by atoms with van der Waals surface area (Å²) in [5, 5.41) is 2.66. The number of methoxy groups -OCH3 is 2. The van der Waals surface area contributed by atoms with Gasteiger partial charge in [-0.25, -0.2) is 24.4 Å². The fourth-order valence-corrected chi connectivity index (χ4v) is 8.82. The number of anilines is 1. The highest BCUT2D eigenvalue weighted by Gasteiger charge is 2.47. The van der Waals surface area contributed by atoms with Crippen LogP contribution in [-0.4, -0.2) is 88.6 Å². The lowest BCUT2D eigenvalue weighted by Crippen LogP contribution is -2.41. The van der Waals surface area contributed by atoms with Crippen molar-refractivity contribution in [3.8, 4) is 11.5 Å². The van der Waals surface area contributed by atoms with Gasteiger partial charge in [0.1, 0.15) is 42.4 Å². The molecule has 0 saturated carbocycles. The number of benzene rings is 3. The summed E-state index contributed by atoms with van der Waals surface area (Å²) < 4.78 is 48.0. The van der Waals surface area contributed by atoms with E-state index in [0.29, 0.717) is 35.7 Å². The Balaban J connectivity index is 1.45. The number of fused-ring (bicyclic) bond motifs is 1. The second-order valence-corrected chi connectivity index (χ2v) is 15.7. The minimum Gasteiger partial charge on any atom is -0.497 e. The molecular weight excluding hydrogens is 771 g/mol. The van der Waals surface area contributed by atoms with Gasteiger partial charge in [-0.05, 0) is 68.7 Å². The number of nitrogens with zero attached hydrogens (tertiary/aromatic N) is 5. The third-order valence-corrected chi connectivity index (χ3v) is 11.8. The third-order valence-electron chi connectivity index (χ3n) is 9.80. The summed E-state index contributed by atoms with van der Waals surface area (Å²) in [5.74, 6) is 1.62. The Morgan fingerprint density at radius 2 is 1.49 bits per heavy atom. The fourth-order valence-electron chi connectivity index (χ4n) is 7.22. The van der Waals surface area contributed by atoms with Gasteiger partial charge in [0.25, 0.3) is 8.53 Å². The Morgan fingerprint density at radius 3 is 2.07 bits per heavy atom. The maximum absolute atomic E-state index is 12.5. The Labute approximate surface area is 347 Å². The van der Waals surface area contributed by atoms with Crippen molar-refractivity contribution in [3.63, 3.8) is 0 Å². The van der Waals surface area contributed by atoms with E-state index in [1.165, 1.54) is 12.4 Å². The molecule has 0 spiro atoms. The minimum absolute atomic E-state index is 0.0414. The predicted octanol–water partition coefficient (Wildman–Crippen LogP) is 8.81.